The third-order valence-corrected chi connectivity index (χ3v) is 4.68. The minimum absolute atomic E-state index is 0.157. The molecular formula is C24H22F2N4O4. The molecule has 1 N–H and O–H groups in total. The van der Waals surface area contributed by atoms with Crippen molar-refractivity contribution in [3.8, 4) is 0 Å². The molecule has 1 heterocycles. The van der Waals surface area contributed by atoms with Crippen LogP contribution in [0.3, 0.4) is 0 Å². The Hall–Kier alpha value is -4.05. The Bertz CT molecular complexity index is 1130. The summed E-state index contributed by atoms with van der Waals surface area (Å²) in [6, 6.07) is 11.3. The number of nitrogens with zero attached hydrogens (tertiary/aromatic N) is 4. The quantitative estimate of drug-likeness (QED) is 0.277. The van der Waals surface area contributed by atoms with E-state index in [1.807, 2.05) is 0 Å². The van der Waals surface area contributed by atoms with Crippen LogP contribution in [0.15, 0.2) is 67.0 Å². The summed E-state index contributed by atoms with van der Waals surface area (Å²) in [5.41, 5.74) is 2.06. The molecule has 1 atom stereocenters. The molecule has 0 spiro atoms. The molecule has 34 heavy (non-hydrogen) atoms. The van der Waals surface area contributed by atoms with E-state index in [1.54, 1.807) is 31.2 Å². The maximum absolute atomic E-state index is 13.6. The Morgan fingerprint density at radius 1 is 1.06 bits per heavy atom. The summed E-state index contributed by atoms with van der Waals surface area (Å²) < 4.78 is 33.2. The molecule has 0 fully saturated rings. The monoisotopic (exact) mass is 468 g/mol. The number of ketones is 1. The highest BCUT2D eigenvalue weighted by Crippen LogP contribution is 2.30. The van der Waals surface area contributed by atoms with E-state index < -0.39 is 35.9 Å². The summed E-state index contributed by atoms with van der Waals surface area (Å²) in [4.78, 5) is 23.5. The van der Waals surface area contributed by atoms with Crippen LogP contribution in [0.2, 0.25) is 0 Å². The predicted octanol–water partition coefficient (Wildman–Crippen LogP) is 3.20. The highest BCUT2D eigenvalue weighted by atomic mass is 19.1. The first kappa shape index (κ1) is 24.6. The van der Waals surface area contributed by atoms with Gasteiger partial charge in [-0.3, -0.25) is 9.59 Å². The molecule has 0 bridgehead atoms. The van der Waals surface area contributed by atoms with Gasteiger partial charge in [0.05, 0.1) is 18.4 Å². The van der Waals surface area contributed by atoms with Gasteiger partial charge in [-0.1, -0.05) is 30.3 Å². The number of tetrazole rings is 1. The fourth-order valence-corrected chi connectivity index (χ4v) is 3.19. The summed E-state index contributed by atoms with van der Waals surface area (Å²) >= 11 is 0. The lowest BCUT2D eigenvalue weighted by Gasteiger charge is -2.14. The molecule has 0 amide bonds. The first-order chi connectivity index (χ1) is 16.4. The van der Waals surface area contributed by atoms with Crippen LogP contribution in [0.5, 0.6) is 0 Å². The van der Waals surface area contributed by atoms with Gasteiger partial charge < -0.3 is 9.84 Å². The lowest BCUT2D eigenvalue weighted by molar-refractivity contribution is -0.145. The number of allylic oxidation sites excluding steroid dienone is 2. The van der Waals surface area contributed by atoms with E-state index in [4.69, 9.17) is 4.74 Å². The van der Waals surface area contributed by atoms with Gasteiger partial charge >= 0.3 is 5.97 Å². The summed E-state index contributed by atoms with van der Waals surface area (Å²) in [6.07, 6.45) is 2.22. The van der Waals surface area contributed by atoms with Crippen LogP contribution in [0, 0.1) is 11.6 Å². The van der Waals surface area contributed by atoms with Gasteiger partial charge in [-0.05, 0) is 58.8 Å². The highest BCUT2D eigenvalue weighted by Gasteiger charge is 2.16. The molecule has 3 rings (SSSR count). The van der Waals surface area contributed by atoms with Crippen LogP contribution in [-0.2, 0) is 14.3 Å². The third-order valence-electron chi connectivity index (χ3n) is 4.68. The molecule has 0 saturated heterocycles. The summed E-state index contributed by atoms with van der Waals surface area (Å²) in [6.45, 7) is 1.79. The van der Waals surface area contributed by atoms with Crippen LogP contribution >= 0.6 is 0 Å². The fraction of sp³-hybridized carbons (Fsp3) is 0.208. The first-order valence-corrected chi connectivity index (χ1v) is 10.4. The van der Waals surface area contributed by atoms with Crippen molar-refractivity contribution in [2.45, 2.75) is 25.9 Å². The van der Waals surface area contributed by atoms with E-state index in [1.165, 1.54) is 47.4 Å². The zero-order valence-corrected chi connectivity index (χ0v) is 18.3. The first-order valence-electron chi connectivity index (χ1n) is 10.4. The molecule has 0 saturated carbocycles. The predicted molar refractivity (Wildman–Crippen MR) is 119 cm³/mol. The molecule has 0 aliphatic rings. The lowest BCUT2D eigenvalue weighted by atomic mass is 9.95. The van der Waals surface area contributed by atoms with Crippen molar-refractivity contribution in [1.29, 1.82) is 0 Å². The van der Waals surface area contributed by atoms with Gasteiger partial charge in [0, 0.05) is 12.0 Å². The zero-order chi connectivity index (χ0) is 24.5. The summed E-state index contributed by atoms with van der Waals surface area (Å²) in [7, 11) is 0. The SMILES string of the molecule is CCOC(=O)CC(=O)CC(O)/C=C/C(=C(c1ccc(F)cc1)c1ccc(F)cc1)n1cnnn1. The highest BCUT2D eigenvalue weighted by molar-refractivity contribution is 5.97. The average molecular weight is 468 g/mol. The van der Waals surface area contributed by atoms with E-state index in [-0.39, 0.29) is 13.0 Å². The topological polar surface area (TPSA) is 107 Å². The molecule has 1 unspecified atom stereocenters. The Kier molecular flexibility index (Phi) is 8.47. The largest absolute Gasteiger partial charge is 0.466 e. The van der Waals surface area contributed by atoms with Crippen LogP contribution < -0.4 is 0 Å². The molecule has 176 valence electrons. The van der Waals surface area contributed by atoms with E-state index >= 15 is 0 Å². The second-order valence-electron chi connectivity index (χ2n) is 7.18. The Balaban J connectivity index is 2.01. The number of ether oxygens (including phenoxy) is 1. The maximum atomic E-state index is 13.6. The van der Waals surface area contributed by atoms with Crippen molar-refractivity contribution >= 4 is 23.0 Å². The zero-order valence-electron chi connectivity index (χ0n) is 18.3. The molecule has 1 aromatic heterocycles. The number of benzene rings is 2. The number of esters is 1. The Labute approximate surface area is 194 Å². The van der Waals surface area contributed by atoms with Crippen molar-refractivity contribution in [1.82, 2.24) is 20.2 Å². The standard InChI is InChI=1S/C24H22F2N4O4/c1-2-34-23(33)14-21(32)13-20(31)11-12-22(30-15-27-28-29-30)24(16-3-7-18(25)8-4-16)17-5-9-19(26)10-6-17/h3-12,15,20,31H,2,13-14H2,1H3/b12-11+. The number of hydrogen-bond acceptors (Lipinski definition) is 7. The fourth-order valence-electron chi connectivity index (χ4n) is 3.19. The van der Waals surface area contributed by atoms with Gasteiger partial charge in [-0.25, -0.2) is 8.78 Å². The lowest BCUT2D eigenvalue weighted by Crippen LogP contribution is -2.16. The molecule has 8 nitrogen and oxygen atoms in total. The number of aromatic nitrogens is 4. The smallest absolute Gasteiger partial charge is 0.313 e. The molecule has 0 aliphatic carbocycles. The number of aliphatic hydroxyl groups excluding tert-OH is 1. The van der Waals surface area contributed by atoms with E-state index in [9.17, 15) is 23.5 Å². The second kappa shape index (κ2) is 11.7. The molecule has 0 aliphatic heterocycles. The number of halogens is 2. The number of hydrogen-bond donors (Lipinski definition) is 1. The van der Waals surface area contributed by atoms with Crippen LogP contribution in [0.25, 0.3) is 11.3 Å². The van der Waals surface area contributed by atoms with Crippen LogP contribution in [-0.4, -0.2) is 49.8 Å². The van der Waals surface area contributed by atoms with E-state index in [2.05, 4.69) is 15.5 Å². The van der Waals surface area contributed by atoms with Gasteiger partial charge in [-0.2, -0.15) is 4.68 Å². The number of carbonyl (C=O) groups is 2. The molecule has 2 aromatic carbocycles. The normalized spacial score (nSPS) is 11.9. The molecule has 10 heteroatoms. The summed E-state index contributed by atoms with van der Waals surface area (Å²) in [5, 5.41) is 21.6. The number of carbonyl (C=O) groups excluding carboxylic acids is 2. The van der Waals surface area contributed by atoms with Crippen LogP contribution in [0.1, 0.15) is 30.9 Å². The molecule has 0 radical (unpaired) electrons. The third kappa shape index (κ3) is 6.72. The van der Waals surface area contributed by atoms with Gasteiger partial charge in [0.1, 0.15) is 30.2 Å². The van der Waals surface area contributed by atoms with Crippen LogP contribution in [0.4, 0.5) is 8.78 Å². The minimum Gasteiger partial charge on any atom is -0.466 e. The van der Waals surface area contributed by atoms with E-state index in [0.717, 1.165) is 0 Å². The van der Waals surface area contributed by atoms with Gasteiger partial charge in [0.15, 0.2) is 0 Å². The Morgan fingerprint density at radius 2 is 1.65 bits per heavy atom. The number of aliphatic hydroxyl groups is 1. The number of rotatable bonds is 10. The van der Waals surface area contributed by atoms with Gasteiger partial charge in [0.2, 0.25) is 0 Å². The maximum Gasteiger partial charge on any atom is 0.313 e. The van der Waals surface area contributed by atoms with Crippen molar-refractivity contribution in [2.24, 2.45) is 0 Å². The second-order valence-corrected chi connectivity index (χ2v) is 7.18. The van der Waals surface area contributed by atoms with Gasteiger partial charge in [-0.15, -0.1) is 5.10 Å². The van der Waals surface area contributed by atoms with Gasteiger partial charge in [0.25, 0.3) is 0 Å². The van der Waals surface area contributed by atoms with Crippen molar-refractivity contribution in [2.75, 3.05) is 6.61 Å². The Morgan fingerprint density at radius 3 is 2.15 bits per heavy atom. The minimum atomic E-state index is -1.21. The molecule has 3 aromatic rings. The average Bonchev–Trinajstić information content (AvgIpc) is 3.33. The molecular weight excluding hydrogens is 446 g/mol. The van der Waals surface area contributed by atoms with Crippen molar-refractivity contribution in [3.05, 3.63) is 89.8 Å². The van der Waals surface area contributed by atoms with Crippen molar-refractivity contribution < 1.29 is 28.2 Å². The van der Waals surface area contributed by atoms with E-state index in [0.29, 0.717) is 22.4 Å². The summed E-state index contributed by atoms with van der Waals surface area (Å²) in [5.74, 6) is -2.01. The number of Topliss-reactive ketones (excluding diaryl/α,β-unsaturated/α-hetero) is 1. The van der Waals surface area contributed by atoms with Crippen molar-refractivity contribution in [3.63, 3.8) is 0 Å².